The molecular formula is C15H14ClFN4O2. The summed E-state index contributed by atoms with van der Waals surface area (Å²) in [5, 5.41) is 12.3. The average Bonchev–Trinajstić information content (AvgIpc) is 2.92. The highest BCUT2D eigenvalue weighted by Crippen LogP contribution is 2.29. The number of aromatic nitrogens is 2. The van der Waals surface area contributed by atoms with Gasteiger partial charge < -0.3 is 15.3 Å². The summed E-state index contributed by atoms with van der Waals surface area (Å²) in [5.41, 5.74) is 1.31. The second kappa shape index (κ2) is 6.47. The van der Waals surface area contributed by atoms with E-state index in [1.165, 1.54) is 6.20 Å². The number of nitrogens with one attached hydrogen (secondary N) is 1. The third-order valence-electron chi connectivity index (χ3n) is 3.67. The van der Waals surface area contributed by atoms with Crippen LogP contribution in [0.4, 0.5) is 21.6 Å². The van der Waals surface area contributed by atoms with E-state index < -0.39 is 6.08 Å². The molecule has 2 heterocycles. The Morgan fingerprint density at radius 3 is 3.04 bits per heavy atom. The fourth-order valence-electron chi connectivity index (χ4n) is 2.49. The Morgan fingerprint density at radius 1 is 1.48 bits per heavy atom. The Morgan fingerprint density at radius 2 is 2.30 bits per heavy atom. The largest absolute Gasteiger partial charge is 0.396 e. The van der Waals surface area contributed by atoms with Crippen molar-refractivity contribution in [1.82, 2.24) is 9.97 Å². The number of carbonyl (C=O) groups is 1. The lowest BCUT2D eigenvalue weighted by molar-refractivity contribution is -0.121. The van der Waals surface area contributed by atoms with Crippen molar-refractivity contribution in [2.75, 3.05) is 23.4 Å². The zero-order valence-corrected chi connectivity index (χ0v) is 12.8. The molecule has 1 aromatic carbocycles. The van der Waals surface area contributed by atoms with Crippen LogP contribution in [0.1, 0.15) is 6.42 Å². The molecule has 0 aliphatic carbocycles. The summed E-state index contributed by atoms with van der Waals surface area (Å²) in [4.78, 5) is 20.7. The number of halogens is 2. The highest BCUT2D eigenvalue weighted by Gasteiger charge is 2.31. The molecule has 6 nitrogen and oxygen atoms in total. The molecule has 0 radical (unpaired) electrons. The number of hydrogen-bond acceptors (Lipinski definition) is 5. The number of hydrogen-bond donors (Lipinski definition) is 2. The lowest BCUT2D eigenvalue weighted by atomic mass is 10.1. The first-order valence-corrected chi connectivity index (χ1v) is 7.43. The summed E-state index contributed by atoms with van der Waals surface area (Å²) in [7, 11) is 0. The molecule has 1 aliphatic heterocycles. The molecule has 8 heteroatoms. The van der Waals surface area contributed by atoms with Crippen LogP contribution in [-0.2, 0) is 4.79 Å². The van der Waals surface area contributed by atoms with Crippen LogP contribution in [0.3, 0.4) is 0 Å². The fraction of sp³-hybridized carbons (Fsp3) is 0.267. The molecule has 1 saturated heterocycles. The van der Waals surface area contributed by atoms with Crippen molar-refractivity contribution in [2.24, 2.45) is 5.92 Å². The molecule has 1 unspecified atom stereocenters. The summed E-state index contributed by atoms with van der Waals surface area (Å²) < 4.78 is 13.1. The lowest BCUT2D eigenvalue weighted by Gasteiger charge is -2.18. The first-order valence-electron chi connectivity index (χ1n) is 7.06. The van der Waals surface area contributed by atoms with Crippen LogP contribution in [0, 0.1) is 12.0 Å². The summed E-state index contributed by atoms with van der Waals surface area (Å²) in [6.45, 7) is 0.402. The molecule has 23 heavy (non-hydrogen) atoms. The van der Waals surface area contributed by atoms with Gasteiger partial charge in [0, 0.05) is 17.9 Å². The summed E-state index contributed by atoms with van der Waals surface area (Å²) >= 11 is 5.93. The summed E-state index contributed by atoms with van der Waals surface area (Å²) in [6.07, 6.45) is 0.913. The van der Waals surface area contributed by atoms with Crippen LogP contribution in [0.5, 0.6) is 0 Å². The molecule has 1 aromatic heterocycles. The normalized spacial score (nSPS) is 17.6. The maximum absolute atomic E-state index is 13.1. The Balaban J connectivity index is 1.83. The molecule has 1 aliphatic rings. The van der Waals surface area contributed by atoms with Gasteiger partial charge in [0.15, 0.2) is 5.82 Å². The zero-order chi connectivity index (χ0) is 16.4. The van der Waals surface area contributed by atoms with Gasteiger partial charge in [0.05, 0.1) is 18.7 Å². The van der Waals surface area contributed by atoms with Crippen molar-refractivity contribution in [3.8, 4) is 0 Å². The predicted molar refractivity (Wildman–Crippen MR) is 84.3 cm³/mol. The lowest BCUT2D eigenvalue weighted by Crippen LogP contribution is -2.28. The number of anilines is 3. The Bertz CT molecular complexity index is 743. The number of aliphatic hydroxyl groups excluding tert-OH is 1. The third-order valence-corrected chi connectivity index (χ3v) is 3.95. The standard InChI is InChI=1S/C15H14ClFN4O2/c16-12-7-18-15(17)20-13(12)19-10-2-1-3-11(6-10)21-5-4-9(8-22)14(21)23/h1-3,6-7,9,22H,4-5,8H2,(H,18,19,20). The van der Waals surface area contributed by atoms with E-state index >= 15 is 0 Å². The van der Waals surface area contributed by atoms with E-state index in [4.69, 9.17) is 11.6 Å². The van der Waals surface area contributed by atoms with Crippen LogP contribution < -0.4 is 10.2 Å². The fourth-order valence-corrected chi connectivity index (χ4v) is 2.62. The maximum Gasteiger partial charge on any atom is 0.310 e. The van der Waals surface area contributed by atoms with Crippen molar-refractivity contribution < 1.29 is 14.3 Å². The van der Waals surface area contributed by atoms with Crippen molar-refractivity contribution in [3.05, 3.63) is 41.6 Å². The first kappa shape index (κ1) is 15.6. The van der Waals surface area contributed by atoms with Crippen LogP contribution in [0.2, 0.25) is 5.02 Å². The van der Waals surface area contributed by atoms with E-state index in [2.05, 4.69) is 15.3 Å². The van der Waals surface area contributed by atoms with Crippen molar-refractivity contribution in [1.29, 1.82) is 0 Å². The van der Waals surface area contributed by atoms with E-state index in [1.54, 1.807) is 29.2 Å². The summed E-state index contributed by atoms with van der Waals surface area (Å²) in [6, 6.07) is 7.06. The molecule has 3 rings (SSSR count). The molecule has 0 bridgehead atoms. The molecule has 1 atom stereocenters. The van der Waals surface area contributed by atoms with Crippen molar-refractivity contribution >= 4 is 34.7 Å². The molecule has 1 fully saturated rings. The molecule has 2 aromatic rings. The molecule has 120 valence electrons. The summed E-state index contributed by atoms with van der Waals surface area (Å²) in [5.74, 6) is -0.301. The van der Waals surface area contributed by atoms with Crippen molar-refractivity contribution in [3.63, 3.8) is 0 Å². The number of benzene rings is 1. The predicted octanol–water partition coefficient (Wildman–Crippen LogP) is 2.36. The minimum Gasteiger partial charge on any atom is -0.396 e. The van der Waals surface area contributed by atoms with Crippen molar-refractivity contribution in [2.45, 2.75) is 6.42 Å². The number of aliphatic hydroxyl groups is 1. The quantitative estimate of drug-likeness (QED) is 0.838. The van der Waals surface area contributed by atoms with E-state index in [0.717, 1.165) is 0 Å². The zero-order valence-electron chi connectivity index (χ0n) is 12.0. The molecular weight excluding hydrogens is 323 g/mol. The average molecular weight is 337 g/mol. The van der Waals surface area contributed by atoms with Crippen LogP contribution in [0.25, 0.3) is 0 Å². The van der Waals surface area contributed by atoms with Gasteiger partial charge in [-0.15, -0.1) is 0 Å². The minimum atomic E-state index is -0.881. The van der Waals surface area contributed by atoms with Gasteiger partial charge in [-0.3, -0.25) is 4.79 Å². The maximum atomic E-state index is 13.1. The van der Waals surface area contributed by atoms with Gasteiger partial charge in [-0.25, -0.2) is 4.98 Å². The van der Waals surface area contributed by atoms with E-state index in [1.807, 2.05) is 0 Å². The highest BCUT2D eigenvalue weighted by atomic mass is 35.5. The van der Waals surface area contributed by atoms with E-state index in [0.29, 0.717) is 24.3 Å². The SMILES string of the molecule is O=C1C(CO)CCN1c1cccc(Nc2nc(F)ncc2Cl)c1. The van der Waals surface area contributed by atoms with E-state index in [-0.39, 0.29) is 29.3 Å². The number of rotatable bonds is 4. The molecule has 0 spiro atoms. The van der Waals surface area contributed by atoms with Gasteiger partial charge in [-0.05, 0) is 24.6 Å². The molecule has 2 N–H and O–H groups in total. The molecule has 1 amide bonds. The van der Waals surface area contributed by atoms with Crippen LogP contribution in [0.15, 0.2) is 30.5 Å². The monoisotopic (exact) mass is 336 g/mol. The minimum absolute atomic E-state index is 0.101. The van der Waals surface area contributed by atoms with Gasteiger partial charge in [0.2, 0.25) is 5.91 Å². The van der Waals surface area contributed by atoms with E-state index in [9.17, 15) is 14.3 Å². The van der Waals surface area contributed by atoms with Gasteiger partial charge in [-0.1, -0.05) is 17.7 Å². The second-order valence-corrected chi connectivity index (χ2v) is 5.58. The molecule has 0 saturated carbocycles. The Labute approximate surface area is 136 Å². The van der Waals surface area contributed by atoms with Crippen LogP contribution >= 0.6 is 11.6 Å². The highest BCUT2D eigenvalue weighted by molar-refractivity contribution is 6.32. The van der Waals surface area contributed by atoms with Gasteiger partial charge in [-0.2, -0.15) is 9.37 Å². The number of nitrogens with zero attached hydrogens (tertiary/aromatic N) is 3. The van der Waals surface area contributed by atoms with Gasteiger partial charge >= 0.3 is 6.08 Å². The Kier molecular flexibility index (Phi) is 4.40. The topological polar surface area (TPSA) is 78.4 Å². The Hall–Kier alpha value is -2.25. The van der Waals surface area contributed by atoms with Crippen LogP contribution in [-0.4, -0.2) is 34.1 Å². The van der Waals surface area contributed by atoms with Gasteiger partial charge in [0.25, 0.3) is 0 Å². The number of carbonyl (C=O) groups excluding carboxylic acids is 1. The smallest absolute Gasteiger partial charge is 0.310 e. The van der Waals surface area contributed by atoms with Gasteiger partial charge in [0.1, 0.15) is 5.02 Å². The number of amides is 1. The third kappa shape index (κ3) is 3.25. The first-order chi connectivity index (χ1) is 11.1. The second-order valence-electron chi connectivity index (χ2n) is 5.17.